The fraction of sp³-hybridized carbons (Fsp3) is 0.550. The lowest BCUT2D eigenvalue weighted by atomic mass is 9.98. The molecule has 2 bridgehead atoms. The SMILES string of the molecule is CN1C2CCC1CC(NC(=O)Nc1ccccc1-c1nc(C3CC3)no1)C2.Cl. The number of amides is 2. The third kappa shape index (κ3) is 3.73. The van der Waals surface area contributed by atoms with Gasteiger partial charge in [-0.3, -0.25) is 0 Å². The van der Waals surface area contributed by atoms with Gasteiger partial charge in [-0.05, 0) is 57.7 Å². The van der Waals surface area contributed by atoms with E-state index in [1.54, 1.807) is 0 Å². The number of fused-ring (bicyclic) bond motifs is 2. The van der Waals surface area contributed by atoms with E-state index in [-0.39, 0.29) is 24.5 Å². The maximum Gasteiger partial charge on any atom is 0.319 e. The highest BCUT2D eigenvalue weighted by Gasteiger charge is 2.38. The Morgan fingerprint density at radius 1 is 1.14 bits per heavy atom. The van der Waals surface area contributed by atoms with E-state index >= 15 is 0 Å². The molecule has 28 heavy (non-hydrogen) atoms. The number of benzene rings is 1. The van der Waals surface area contributed by atoms with E-state index in [2.05, 4.69) is 32.7 Å². The van der Waals surface area contributed by atoms with E-state index in [1.807, 2.05) is 24.3 Å². The number of para-hydroxylation sites is 1. The number of halogens is 1. The molecular formula is C20H26ClN5O2. The third-order valence-corrected chi connectivity index (χ3v) is 6.22. The quantitative estimate of drug-likeness (QED) is 0.811. The third-order valence-electron chi connectivity index (χ3n) is 6.22. The number of nitrogens with one attached hydrogen (secondary N) is 2. The van der Waals surface area contributed by atoms with Gasteiger partial charge in [0.1, 0.15) is 0 Å². The zero-order valence-electron chi connectivity index (χ0n) is 15.9. The van der Waals surface area contributed by atoms with Crippen LogP contribution in [0.5, 0.6) is 0 Å². The Bertz CT molecular complexity index is 839. The maximum absolute atomic E-state index is 12.6. The summed E-state index contributed by atoms with van der Waals surface area (Å²) in [7, 11) is 2.20. The van der Waals surface area contributed by atoms with Gasteiger partial charge in [0, 0.05) is 24.0 Å². The second-order valence-corrected chi connectivity index (χ2v) is 8.09. The van der Waals surface area contributed by atoms with Gasteiger partial charge in [0.05, 0.1) is 11.3 Å². The summed E-state index contributed by atoms with van der Waals surface area (Å²) in [6, 6.07) is 8.83. The van der Waals surface area contributed by atoms with Gasteiger partial charge in [-0.25, -0.2) is 4.79 Å². The van der Waals surface area contributed by atoms with Gasteiger partial charge in [0.15, 0.2) is 5.82 Å². The fourth-order valence-corrected chi connectivity index (χ4v) is 4.50. The summed E-state index contributed by atoms with van der Waals surface area (Å²) in [5, 5.41) is 10.2. The molecule has 2 saturated heterocycles. The number of carbonyl (C=O) groups is 1. The summed E-state index contributed by atoms with van der Waals surface area (Å²) < 4.78 is 5.43. The predicted octanol–water partition coefficient (Wildman–Crippen LogP) is 3.78. The smallest absolute Gasteiger partial charge is 0.319 e. The molecule has 2 amide bonds. The number of carbonyl (C=O) groups excluding carboxylic acids is 1. The molecule has 5 rings (SSSR count). The monoisotopic (exact) mass is 403 g/mol. The second kappa shape index (κ2) is 7.72. The Kier molecular flexibility index (Phi) is 5.29. The number of hydrogen-bond donors (Lipinski definition) is 2. The van der Waals surface area contributed by atoms with Gasteiger partial charge in [-0.1, -0.05) is 17.3 Å². The van der Waals surface area contributed by atoms with Crippen LogP contribution in [0.1, 0.15) is 50.3 Å². The van der Waals surface area contributed by atoms with E-state index < -0.39 is 0 Å². The molecule has 2 atom stereocenters. The fourth-order valence-electron chi connectivity index (χ4n) is 4.50. The van der Waals surface area contributed by atoms with Crippen molar-refractivity contribution >= 4 is 24.1 Å². The molecule has 2 unspecified atom stereocenters. The lowest BCUT2D eigenvalue weighted by Gasteiger charge is -2.36. The first-order chi connectivity index (χ1) is 13.2. The number of nitrogens with zero attached hydrogens (tertiary/aromatic N) is 3. The van der Waals surface area contributed by atoms with Crippen LogP contribution >= 0.6 is 12.4 Å². The van der Waals surface area contributed by atoms with Gasteiger partial charge in [0.2, 0.25) is 0 Å². The first-order valence-corrected chi connectivity index (χ1v) is 9.90. The first kappa shape index (κ1) is 19.2. The van der Waals surface area contributed by atoms with Crippen LogP contribution in [0.4, 0.5) is 10.5 Å². The van der Waals surface area contributed by atoms with E-state index in [1.165, 1.54) is 12.8 Å². The molecule has 1 aromatic heterocycles. The van der Waals surface area contributed by atoms with Crippen LogP contribution in [-0.2, 0) is 0 Å². The summed E-state index contributed by atoms with van der Waals surface area (Å²) in [5.41, 5.74) is 1.45. The molecule has 3 aliphatic rings. The summed E-state index contributed by atoms with van der Waals surface area (Å²) in [4.78, 5) is 19.6. The predicted molar refractivity (Wildman–Crippen MR) is 109 cm³/mol. The highest BCUT2D eigenvalue weighted by Crippen LogP contribution is 2.39. The number of anilines is 1. The minimum absolute atomic E-state index is 0. The highest BCUT2D eigenvalue weighted by molar-refractivity contribution is 5.93. The Hall–Kier alpha value is -2.12. The lowest BCUT2D eigenvalue weighted by Crippen LogP contribution is -2.49. The number of piperidine rings is 1. The molecule has 1 aromatic carbocycles. The van der Waals surface area contributed by atoms with Crippen LogP contribution in [0.15, 0.2) is 28.8 Å². The Balaban J connectivity index is 0.00000192. The number of hydrogen-bond acceptors (Lipinski definition) is 5. The molecule has 1 saturated carbocycles. The molecule has 0 radical (unpaired) electrons. The molecule has 0 spiro atoms. The van der Waals surface area contributed by atoms with Gasteiger partial charge >= 0.3 is 6.03 Å². The highest BCUT2D eigenvalue weighted by atomic mass is 35.5. The van der Waals surface area contributed by atoms with E-state index in [0.717, 1.165) is 37.1 Å². The van der Waals surface area contributed by atoms with E-state index in [9.17, 15) is 4.79 Å². The van der Waals surface area contributed by atoms with Crippen LogP contribution in [-0.4, -0.2) is 46.2 Å². The zero-order valence-corrected chi connectivity index (χ0v) is 16.7. The maximum atomic E-state index is 12.6. The van der Waals surface area contributed by atoms with Crippen molar-refractivity contribution in [3.63, 3.8) is 0 Å². The van der Waals surface area contributed by atoms with Crippen LogP contribution in [0.3, 0.4) is 0 Å². The Morgan fingerprint density at radius 2 is 1.86 bits per heavy atom. The average molecular weight is 404 g/mol. The standard InChI is InChI=1S/C20H25N5O2.ClH/c1-25-14-8-9-15(25)11-13(10-14)21-20(26)22-17-5-3-2-4-16(17)19-23-18(24-27-19)12-6-7-12;/h2-5,12-15H,6-11H2,1H3,(H2,21,22,26);1H. The second-order valence-electron chi connectivity index (χ2n) is 8.09. The van der Waals surface area contributed by atoms with Crippen LogP contribution in [0.25, 0.3) is 11.5 Å². The molecule has 150 valence electrons. The van der Waals surface area contributed by atoms with Crippen molar-refractivity contribution in [2.24, 2.45) is 0 Å². The van der Waals surface area contributed by atoms with Crippen LogP contribution in [0.2, 0.25) is 0 Å². The van der Waals surface area contributed by atoms with Gasteiger partial charge in [0.25, 0.3) is 5.89 Å². The normalized spacial score (nSPS) is 26.5. The van der Waals surface area contributed by atoms with Gasteiger partial charge < -0.3 is 20.1 Å². The molecule has 3 heterocycles. The summed E-state index contributed by atoms with van der Waals surface area (Å²) in [6.07, 6.45) is 6.78. The molecule has 2 aliphatic heterocycles. The number of urea groups is 1. The molecule has 3 fully saturated rings. The van der Waals surface area contributed by atoms with Gasteiger partial charge in [-0.15, -0.1) is 12.4 Å². The average Bonchev–Trinajstić information content (AvgIpc) is 3.36. The molecule has 8 heteroatoms. The van der Waals surface area contributed by atoms with Crippen molar-refractivity contribution in [2.75, 3.05) is 12.4 Å². The molecule has 1 aliphatic carbocycles. The molecule has 7 nitrogen and oxygen atoms in total. The molecule has 2 aromatic rings. The van der Waals surface area contributed by atoms with Crippen molar-refractivity contribution in [3.8, 4) is 11.5 Å². The van der Waals surface area contributed by atoms with E-state index in [0.29, 0.717) is 29.6 Å². The zero-order chi connectivity index (χ0) is 18.4. The molecular weight excluding hydrogens is 378 g/mol. The summed E-state index contributed by atoms with van der Waals surface area (Å²) in [5.74, 6) is 1.67. The van der Waals surface area contributed by atoms with Crippen molar-refractivity contribution in [3.05, 3.63) is 30.1 Å². The van der Waals surface area contributed by atoms with Crippen LogP contribution < -0.4 is 10.6 Å². The topological polar surface area (TPSA) is 83.3 Å². The lowest BCUT2D eigenvalue weighted by molar-refractivity contribution is 0.151. The Morgan fingerprint density at radius 3 is 2.57 bits per heavy atom. The summed E-state index contributed by atoms with van der Waals surface area (Å²) >= 11 is 0. The largest absolute Gasteiger partial charge is 0.335 e. The van der Waals surface area contributed by atoms with E-state index in [4.69, 9.17) is 4.52 Å². The molecule has 2 N–H and O–H groups in total. The van der Waals surface area contributed by atoms with Crippen molar-refractivity contribution in [2.45, 2.75) is 62.6 Å². The van der Waals surface area contributed by atoms with Crippen molar-refractivity contribution in [1.82, 2.24) is 20.4 Å². The van der Waals surface area contributed by atoms with Crippen molar-refractivity contribution in [1.29, 1.82) is 0 Å². The minimum atomic E-state index is -0.168. The van der Waals surface area contributed by atoms with Gasteiger partial charge in [-0.2, -0.15) is 4.98 Å². The minimum Gasteiger partial charge on any atom is -0.335 e. The van der Waals surface area contributed by atoms with Crippen molar-refractivity contribution < 1.29 is 9.32 Å². The number of aromatic nitrogens is 2. The first-order valence-electron chi connectivity index (χ1n) is 9.90. The number of rotatable bonds is 4. The summed E-state index contributed by atoms with van der Waals surface area (Å²) in [6.45, 7) is 0. The Labute approximate surface area is 170 Å². The van der Waals surface area contributed by atoms with Crippen LogP contribution in [0, 0.1) is 0 Å².